The lowest BCUT2D eigenvalue weighted by Crippen LogP contribution is -2.12. The van der Waals surface area contributed by atoms with E-state index in [1.807, 2.05) is 24.3 Å². The van der Waals surface area contributed by atoms with Gasteiger partial charge < -0.3 is 10.1 Å². The highest BCUT2D eigenvalue weighted by Crippen LogP contribution is 2.29. The molecule has 0 spiro atoms. The van der Waals surface area contributed by atoms with Crippen LogP contribution in [-0.2, 0) is 5.75 Å². The maximum atomic E-state index is 12.7. The summed E-state index contributed by atoms with van der Waals surface area (Å²) in [5.41, 5.74) is 4.92. The van der Waals surface area contributed by atoms with Crippen molar-refractivity contribution in [1.82, 2.24) is 0 Å². The van der Waals surface area contributed by atoms with Crippen LogP contribution in [0.15, 0.2) is 71.6 Å². The Kier molecular flexibility index (Phi) is 6.99. The molecule has 3 aromatic carbocycles. The molecule has 3 rings (SSSR count). The van der Waals surface area contributed by atoms with E-state index in [1.165, 1.54) is 16.0 Å². The summed E-state index contributed by atoms with van der Waals surface area (Å²) in [5.74, 6) is 1.88. The number of ether oxygens (including phenoxy) is 1. The fraction of sp³-hybridized carbons (Fsp3) is 0.240. The van der Waals surface area contributed by atoms with Gasteiger partial charge in [0, 0.05) is 27.5 Å². The Morgan fingerprint density at radius 3 is 2.31 bits per heavy atom. The van der Waals surface area contributed by atoms with Crippen molar-refractivity contribution in [2.24, 2.45) is 0 Å². The van der Waals surface area contributed by atoms with E-state index in [-0.39, 0.29) is 5.91 Å². The number of thioether (sulfide) groups is 1. The molecule has 0 saturated carbocycles. The monoisotopic (exact) mass is 405 g/mol. The molecule has 150 valence electrons. The molecule has 0 aliphatic rings. The van der Waals surface area contributed by atoms with Crippen LogP contribution in [-0.4, -0.2) is 13.0 Å². The minimum Gasteiger partial charge on any atom is -0.496 e. The van der Waals surface area contributed by atoms with Crippen LogP contribution in [0.5, 0.6) is 5.75 Å². The van der Waals surface area contributed by atoms with Gasteiger partial charge in [0.05, 0.1) is 7.11 Å². The third-order valence-electron chi connectivity index (χ3n) is 4.79. The van der Waals surface area contributed by atoms with Crippen LogP contribution in [0.1, 0.15) is 46.8 Å². The van der Waals surface area contributed by atoms with Crippen molar-refractivity contribution in [3.8, 4) is 5.75 Å². The first kappa shape index (κ1) is 21.0. The maximum absolute atomic E-state index is 12.7. The SMILES string of the molecule is COc1ccc(C(=O)Nc2ccc(C(C)C)cc2)cc1CSc1ccc(C)cc1. The average molecular weight is 406 g/mol. The molecular weight excluding hydrogens is 378 g/mol. The van der Waals surface area contributed by atoms with Gasteiger partial charge in [-0.25, -0.2) is 0 Å². The van der Waals surface area contributed by atoms with Crippen LogP contribution in [0.2, 0.25) is 0 Å². The van der Waals surface area contributed by atoms with Gasteiger partial charge >= 0.3 is 0 Å². The van der Waals surface area contributed by atoms with Crippen LogP contribution in [0, 0.1) is 6.92 Å². The van der Waals surface area contributed by atoms with E-state index in [9.17, 15) is 4.79 Å². The number of carbonyl (C=O) groups excluding carboxylic acids is 1. The third-order valence-corrected chi connectivity index (χ3v) is 5.85. The van der Waals surface area contributed by atoms with Gasteiger partial charge in [-0.05, 0) is 60.9 Å². The first-order chi connectivity index (χ1) is 14.0. The van der Waals surface area contributed by atoms with Gasteiger partial charge in [-0.1, -0.05) is 43.7 Å². The lowest BCUT2D eigenvalue weighted by Gasteiger charge is -2.12. The van der Waals surface area contributed by atoms with E-state index in [2.05, 4.69) is 62.5 Å². The third kappa shape index (κ3) is 5.64. The number of aryl methyl sites for hydroxylation is 1. The van der Waals surface area contributed by atoms with Crippen molar-refractivity contribution in [2.45, 2.75) is 37.3 Å². The van der Waals surface area contributed by atoms with Gasteiger partial charge in [0.15, 0.2) is 0 Å². The minimum atomic E-state index is -0.119. The van der Waals surface area contributed by atoms with E-state index < -0.39 is 0 Å². The fourth-order valence-electron chi connectivity index (χ4n) is 2.98. The zero-order valence-corrected chi connectivity index (χ0v) is 18.2. The number of nitrogens with one attached hydrogen (secondary N) is 1. The summed E-state index contributed by atoms with van der Waals surface area (Å²) in [6, 6.07) is 22.0. The highest BCUT2D eigenvalue weighted by atomic mass is 32.2. The molecule has 3 aromatic rings. The molecule has 0 atom stereocenters. The summed E-state index contributed by atoms with van der Waals surface area (Å²) < 4.78 is 5.50. The Hall–Kier alpha value is -2.72. The second-order valence-corrected chi connectivity index (χ2v) is 8.41. The number of amides is 1. The van der Waals surface area contributed by atoms with Crippen LogP contribution in [0.4, 0.5) is 5.69 Å². The number of carbonyl (C=O) groups is 1. The van der Waals surface area contributed by atoms with Gasteiger partial charge in [0.1, 0.15) is 5.75 Å². The van der Waals surface area contributed by atoms with Crippen LogP contribution < -0.4 is 10.1 Å². The summed E-state index contributed by atoms with van der Waals surface area (Å²) in [6.07, 6.45) is 0. The lowest BCUT2D eigenvalue weighted by molar-refractivity contribution is 0.102. The molecule has 0 unspecified atom stereocenters. The molecule has 0 aromatic heterocycles. The van der Waals surface area contributed by atoms with Crippen molar-refractivity contribution >= 4 is 23.4 Å². The quantitative estimate of drug-likeness (QED) is 0.446. The molecule has 0 aliphatic carbocycles. The molecular formula is C25H27NO2S. The van der Waals surface area contributed by atoms with E-state index in [4.69, 9.17) is 4.74 Å². The Balaban J connectivity index is 1.72. The predicted octanol–water partition coefficient (Wildman–Crippen LogP) is 6.67. The van der Waals surface area contributed by atoms with Crippen LogP contribution in [0.3, 0.4) is 0 Å². The summed E-state index contributed by atoms with van der Waals surface area (Å²) in [5, 5.41) is 2.98. The summed E-state index contributed by atoms with van der Waals surface area (Å²) in [6.45, 7) is 6.39. The van der Waals surface area contributed by atoms with Gasteiger partial charge in [-0.3, -0.25) is 4.79 Å². The average Bonchev–Trinajstić information content (AvgIpc) is 2.73. The number of methoxy groups -OCH3 is 1. The summed E-state index contributed by atoms with van der Waals surface area (Å²) in [7, 11) is 1.66. The molecule has 4 heteroatoms. The summed E-state index contributed by atoms with van der Waals surface area (Å²) >= 11 is 1.73. The smallest absolute Gasteiger partial charge is 0.255 e. The van der Waals surface area contributed by atoms with Gasteiger partial charge in [0.25, 0.3) is 5.91 Å². The summed E-state index contributed by atoms with van der Waals surface area (Å²) in [4.78, 5) is 13.9. The van der Waals surface area contributed by atoms with E-state index in [0.29, 0.717) is 11.5 Å². The Bertz CT molecular complexity index is 963. The molecule has 0 radical (unpaired) electrons. The first-order valence-electron chi connectivity index (χ1n) is 9.74. The molecule has 0 saturated heterocycles. The molecule has 0 aliphatic heterocycles. The second-order valence-electron chi connectivity index (χ2n) is 7.36. The molecule has 29 heavy (non-hydrogen) atoms. The predicted molar refractivity (Wildman–Crippen MR) is 122 cm³/mol. The molecule has 3 nitrogen and oxygen atoms in total. The number of rotatable bonds is 7. The standard InChI is InChI=1S/C25H27NO2S/c1-17(2)19-7-10-22(11-8-19)26-25(27)20-9-14-24(28-4)21(15-20)16-29-23-12-5-18(3)6-13-23/h5-15,17H,16H2,1-4H3,(H,26,27). The first-order valence-corrected chi connectivity index (χ1v) is 10.7. The fourth-order valence-corrected chi connectivity index (χ4v) is 3.86. The topological polar surface area (TPSA) is 38.3 Å². The molecule has 0 heterocycles. The zero-order chi connectivity index (χ0) is 20.8. The van der Waals surface area contributed by atoms with E-state index in [0.717, 1.165) is 22.8 Å². The van der Waals surface area contributed by atoms with Crippen LogP contribution >= 0.6 is 11.8 Å². The van der Waals surface area contributed by atoms with Crippen molar-refractivity contribution in [1.29, 1.82) is 0 Å². The molecule has 0 bridgehead atoms. The highest BCUT2D eigenvalue weighted by Gasteiger charge is 2.11. The van der Waals surface area contributed by atoms with Gasteiger partial charge in [-0.15, -0.1) is 11.8 Å². The van der Waals surface area contributed by atoms with Gasteiger partial charge in [0.2, 0.25) is 0 Å². The van der Waals surface area contributed by atoms with Crippen molar-refractivity contribution in [2.75, 3.05) is 12.4 Å². The molecule has 0 fully saturated rings. The Morgan fingerprint density at radius 2 is 1.69 bits per heavy atom. The number of benzene rings is 3. The number of anilines is 1. The van der Waals surface area contributed by atoms with E-state index in [1.54, 1.807) is 24.9 Å². The Labute approximate surface area is 177 Å². The maximum Gasteiger partial charge on any atom is 0.255 e. The number of hydrogen-bond donors (Lipinski definition) is 1. The van der Waals surface area contributed by atoms with Crippen molar-refractivity contribution in [3.05, 3.63) is 89.0 Å². The lowest BCUT2D eigenvalue weighted by atomic mass is 10.0. The van der Waals surface area contributed by atoms with Crippen molar-refractivity contribution in [3.63, 3.8) is 0 Å². The number of hydrogen-bond acceptors (Lipinski definition) is 3. The van der Waals surface area contributed by atoms with Crippen LogP contribution in [0.25, 0.3) is 0 Å². The normalized spacial score (nSPS) is 10.8. The minimum absolute atomic E-state index is 0.119. The largest absolute Gasteiger partial charge is 0.496 e. The van der Waals surface area contributed by atoms with Gasteiger partial charge in [-0.2, -0.15) is 0 Å². The van der Waals surface area contributed by atoms with E-state index >= 15 is 0 Å². The molecule has 1 N–H and O–H groups in total. The Morgan fingerprint density at radius 1 is 1.00 bits per heavy atom. The van der Waals surface area contributed by atoms with Crippen molar-refractivity contribution < 1.29 is 9.53 Å². The zero-order valence-electron chi connectivity index (χ0n) is 17.4. The molecule has 1 amide bonds. The highest BCUT2D eigenvalue weighted by molar-refractivity contribution is 7.98. The second kappa shape index (κ2) is 9.66.